The van der Waals surface area contributed by atoms with Crippen LogP contribution in [0.1, 0.15) is 11.1 Å². The number of carbonyl (C=O) groups excluding carboxylic acids is 1. The second kappa shape index (κ2) is 11.1. The van der Waals surface area contributed by atoms with Crippen molar-refractivity contribution < 1.29 is 17.9 Å². The zero-order valence-corrected chi connectivity index (χ0v) is 19.3. The lowest BCUT2D eigenvalue weighted by Gasteiger charge is -2.24. The van der Waals surface area contributed by atoms with E-state index >= 15 is 0 Å². The van der Waals surface area contributed by atoms with Gasteiger partial charge in [-0.1, -0.05) is 65.7 Å². The van der Waals surface area contributed by atoms with E-state index in [4.69, 9.17) is 16.3 Å². The molecule has 168 valence electrons. The number of sulfonamides is 1. The molecule has 8 heteroatoms. The molecule has 3 aromatic carbocycles. The summed E-state index contributed by atoms with van der Waals surface area (Å²) in [5.41, 5.74) is 2.29. The van der Waals surface area contributed by atoms with Crippen molar-refractivity contribution in [1.29, 1.82) is 0 Å². The number of nitrogens with one attached hydrogen (secondary N) is 1. The third kappa shape index (κ3) is 6.56. The predicted molar refractivity (Wildman–Crippen MR) is 126 cm³/mol. The van der Waals surface area contributed by atoms with Crippen LogP contribution in [0, 0.1) is 6.92 Å². The first kappa shape index (κ1) is 23.8. The van der Waals surface area contributed by atoms with E-state index in [1.807, 2.05) is 37.3 Å². The topological polar surface area (TPSA) is 75.7 Å². The van der Waals surface area contributed by atoms with Gasteiger partial charge < -0.3 is 10.1 Å². The number of carbonyl (C=O) groups is 1. The van der Waals surface area contributed by atoms with Crippen LogP contribution in [0.15, 0.2) is 83.8 Å². The molecule has 0 fully saturated rings. The average Bonchev–Trinajstić information content (AvgIpc) is 2.78. The molecule has 0 bridgehead atoms. The highest BCUT2D eigenvalue weighted by Gasteiger charge is 2.27. The van der Waals surface area contributed by atoms with E-state index in [2.05, 4.69) is 5.32 Å². The van der Waals surface area contributed by atoms with Crippen LogP contribution in [0.4, 0.5) is 5.69 Å². The van der Waals surface area contributed by atoms with Crippen molar-refractivity contribution in [2.45, 2.75) is 18.4 Å². The van der Waals surface area contributed by atoms with E-state index in [1.165, 1.54) is 18.2 Å². The number of rotatable bonds is 10. The summed E-state index contributed by atoms with van der Waals surface area (Å²) in [6.07, 6.45) is 0. The Morgan fingerprint density at radius 3 is 2.41 bits per heavy atom. The van der Waals surface area contributed by atoms with Gasteiger partial charge in [0, 0.05) is 11.6 Å². The molecule has 0 aromatic heterocycles. The normalized spacial score (nSPS) is 11.2. The molecule has 0 radical (unpaired) electrons. The molecule has 0 atom stereocenters. The maximum Gasteiger partial charge on any atom is 0.264 e. The molecule has 6 nitrogen and oxygen atoms in total. The lowest BCUT2D eigenvalue weighted by molar-refractivity contribution is -0.119. The van der Waals surface area contributed by atoms with Crippen LogP contribution in [0.2, 0.25) is 5.02 Å². The van der Waals surface area contributed by atoms with E-state index in [0.29, 0.717) is 23.9 Å². The number of hydrogen-bond acceptors (Lipinski definition) is 4. The predicted octanol–water partition coefficient (Wildman–Crippen LogP) is 4.18. The van der Waals surface area contributed by atoms with Gasteiger partial charge in [0.1, 0.15) is 6.54 Å². The Morgan fingerprint density at radius 2 is 1.72 bits per heavy atom. The average molecular weight is 473 g/mol. The summed E-state index contributed by atoms with van der Waals surface area (Å²) in [5.74, 6) is -0.441. The van der Waals surface area contributed by atoms with Gasteiger partial charge in [-0.05, 0) is 42.8 Å². The van der Waals surface area contributed by atoms with Gasteiger partial charge in [0.05, 0.1) is 23.8 Å². The van der Waals surface area contributed by atoms with Gasteiger partial charge in [0.2, 0.25) is 5.91 Å². The van der Waals surface area contributed by atoms with Crippen molar-refractivity contribution in [3.63, 3.8) is 0 Å². The molecule has 3 rings (SSSR count). The fraction of sp³-hybridized carbons (Fsp3) is 0.208. The lowest BCUT2D eigenvalue weighted by atomic mass is 10.2. The van der Waals surface area contributed by atoms with Crippen molar-refractivity contribution in [2.24, 2.45) is 0 Å². The third-order valence-corrected chi connectivity index (χ3v) is 6.70. The molecule has 0 unspecified atom stereocenters. The van der Waals surface area contributed by atoms with Gasteiger partial charge in [0.25, 0.3) is 10.0 Å². The summed E-state index contributed by atoms with van der Waals surface area (Å²) in [7, 11) is -3.97. The highest BCUT2D eigenvalue weighted by atomic mass is 35.5. The minimum atomic E-state index is -3.97. The molecule has 0 aliphatic rings. The van der Waals surface area contributed by atoms with E-state index in [9.17, 15) is 13.2 Å². The first-order chi connectivity index (χ1) is 15.4. The van der Waals surface area contributed by atoms with Crippen LogP contribution in [0.25, 0.3) is 0 Å². The maximum atomic E-state index is 13.3. The molecule has 0 aliphatic carbocycles. The maximum absolute atomic E-state index is 13.3. The summed E-state index contributed by atoms with van der Waals surface area (Å²) in [6.45, 7) is 2.50. The third-order valence-electron chi connectivity index (χ3n) is 4.67. The van der Waals surface area contributed by atoms with E-state index in [1.54, 1.807) is 30.3 Å². The molecule has 3 aromatic rings. The minimum Gasteiger partial charge on any atom is -0.375 e. The Kier molecular flexibility index (Phi) is 8.27. The van der Waals surface area contributed by atoms with E-state index in [0.717, 1.165) is 15.4 Å². The van der Waals surface area contributed by atoms with Gasteiger partial charge >= 0.3 is 0 Å². The number of nitrogens with zero attached hydrogens (tertiary/aromatic N) is 1. The molecular weight excluding hydrogens is 448 g/mol. The number of halogens is 1. The standard InChI is InChI=1S/C24H25ClN2O4S/c1-19-10-12-23(13-11-19)32(29,30)27(22-9-5-8-21(25)16-22)17-24(28)26-14-15-31-18-20-6-3-2-4-7-20/h2-13,16H,14-15,17-18H2,1H3,(H,26,28). The highest BCUT2D eigenvalue weighted by Crippen LogP contribution is 2.26. The Hall–Kier alpha value is -2.87. The molecule has 32 heavy (non-hydrogen) atoms. The van der Waals surface area contributed by atoms with Crippen LogP contribution in [0.3, 0.4) is 0 Å². The quantitative estimate of drug-likeness (QED) is 0.449. The number of ether oxygens (including phenoxy) is 1. The van der Waals surface area contributed by atoms with Gasteiger partial charge in [-0.15, -0.1) is 0 Å². The Labute approximate surface area is 193 Å². The number of aryl methyl sites for hydroxylation is 1. The zero-order valence-electron chi connectivity index (χ0n) is 17.7. The minimum absolute atomic E-state index is 0.0991. The smallest absolute Gasteiger partial charge is 0.264 e. The number of amides is 1. The molecule has 1 amide bonds. The Bertz CT molecular complexity index is 1140. The van der Waals surface area contributed by atoms with E-state index in [-0.39, 0.29) is 18.0 Å². The number of benzene rings is 3. The summed E-state index contributed by atoms with van der Waals surface area (Å²) >= 11 is 6.07. The monoisotopic (exact) mass is 472 g/mol. The van der Waals surface area contributed by atoms with E-state index < -0.39 is 15.9 Å². The highest BCUT2D eigenvalue weighted by molar-refractivity contribution is 7.92. The summed E-state index contributed by atoms with van der Waals surface area (Å²) in [6, 6.07) is 22.6. The molecule has 0 heterocycles. The summed E-state index contributed by atoms with van der Waals surface area (Å²) in [5, 5.41) is 3.09. The van der Waals surface area contributed by atoms with Crippen molar-refractivity contribution >= 4 is 33.2 Å². The molecular formula is C24H25ClN2O4S. The summed E-state index contributed by atoms with van der Waals surface area (Å²) < 4.78 is 33.2. The first-order valence-corrected chi connectivity index (χ1v) is 11.9. The van der Waals surface area contributed by atoms with Crippen LogP contribution < -0.4 is 9.62 Å². The molecule has 0 saturated carbocycles. The van der Waals surface area contributed by atoms with Gasteiger partial charge in [-0.3, -0.25) is 9.10 Å². The van der Waals surface area contributed by atoms with Crippen LogP contribution in [-0.4, -0.2) is 34.0 Å². The molecule has 0 spiro atoms. The largest absolute Gasteiger partial charge is 0.375 e. The molecule has 0 saturated heterocycles. The Balaban J connectivity index is 1.66. The van der Waals surface area contributed by atoms with Crippen LogP contribution in [-0.2, 0) is 26.2 Å². The summed E-state index contributed by atoms with van der Waals surface area (Å²) in [4.78, 5) is 12.7. The van der Waals surface area contributed by atoms with Gasteiger partial charge in [0.15, 0.2) is 0 Å². The lowest BCUT2D eigenvalue weighted by Crippen LogP contribution is -2.41. The Morgan fingerprint density at radius 1 is 1.00 bits per heavy atom. The van der Waals surface area contributed by atoms with Crippen LogP contribution >= 0.6 is 11.6 Å². The number of hydrogen-bond donors (Lipinski definition) is 1. The zero-order chi connectivity index (χ0) is 23.0. The van der Waals surface area contributed by atoms with Crippen molar-refractivity contribution in [1.82, 2.24) is 5.32 Å². The fourth-order valence-corrected chi connectivity index (χ4v) is 4.59. The second-order valence-corrected chi connectivity index (χ2v) is 9.49. The number of anilines is 1. The van der Waals surface area contributed by atoms with Crippen LogP contribution in [0.5, 0.6) is 0 Å². The van der Waals surface area contributed by atoms with Crippen molar-refractivity contribution in [3.05, 3.63) is 95.0 Å². The SMILES string of the molecule is Cc1ccc(S(=O)(=O)N(CC(=O)NCCOCc2ccccc2)c2cccc(Cl)c2)cc1. The first-order valence-electron chi connectivity index (χ1n) is 10.1. The van der Waals surface area contributed by atoms with Gasteiger partial charge in [-0.2, -0.15) is 0 Å². The molecule has 0 aliphatic heterocycles. The second-order valence-electron chi connectivity index (χ2n) is 7.19. The molecule has 1 N–H and O–H groups in total. The fourth-order valence-electron chi connectivity index (χ4n) is 3.00. The van der Waals surface area contributed by atoms with Gasteiger partial charge in [-0.25, -0.2) is 8.42 Å². The van der Waals surface area contributed by atoms with Crippen molar-refractivity contribution in [3.8, 4) is 0 Å². The van der Waals surface area contributed by atoms with Crippen molar-refractivity contribution in [2.75, 3.05) is 24.0 Å².